The molecule has 2 aromatic rings. The van der Waals surface area contributed by atoms with Crippen LogP contribution in [-0.4, -0.2) is 16.3 Å². The number of hydrogen-bond acceptors (Lipinski definition) is 2. The molecule has 1 aromatic carbocycles. The van der Waals surface area contributed by atoms with Gasteiger partial charge < -0.3 is 5.32 Å². The third kappa shape index (κ3) is 3.70. The Morgan fingerprint density at radius 2 is 1.85 bits per heavy atom. The Morgan fingerprint density at radius 1 is 1.10 bits per heavy atom. The number of rotatable bonds is 7. The quantitative estimate of drug-likeness (QED) is 0.826. The predicted molar refractivity (Wildman–Crippen MR) is 84.1 cm³/mol. The molecule has 0 aliphatic rings. The Bertz CT molecular complexity index is 502. The molecule has 1 aromatic heterocycles. The van der Waals surface area contributed by atoms with Crippen molar-refractivity contribution in [1.29, 1.82) is 0 Å². The van der Waals surface area contributed by atoms with Crippen LogP contribution in [0.5, 0.6) is 0 Å². The van der Waals surface area contributed by atoms with E-state index in [-0.39, 0.29) is 0 Å². The summed E-state index contributed by atoms with van der Waals surface area (Å²) in [6.45, 7) is 7.68. The van der Waals surface area contributed by atoms with Crippen molar-refractivity contribution in [2.24, 2.45) is 5.92 Å². The fourth-order valence-electron chi connectivity index (χ4n) is 2.46. The molecule has 1 atom stereocenters. The van der Waals surface area contributed by atoms with Crippen LogP contribution in [-0.2, 0) is 0 Å². The van der Waals surface area contributed by atoms with Crippen molar-refractivity contribution in [3.05, 3.63) is 48.3 Å². The van der Waals surface area contributed by atoms with Crippen LogP contribution in [0.25, 0.3) is 5.69 Å². The Labute approximate surface area is 122 Å². The van der Waals surface area contributed by atoms with Crippen molar-refractivity contribution < 1.29 is 0 Å². The summed E-state index contributed by atoms with van der Waals surface area (Å²) in [7, 11) is 0. The summed E-state index contributed by atoms with van der Waals surface area (Å²) in [6.07, 6.45) is 4.25. The van der Waals surface area contributed by atoms with Crippen molar-refractivity contribution >= 4 is 0 Å². The zero-order valence-electron chi connectivity index (χ0n) is 12.7. The van der Waals surface area contributed by atoms with Gasteiger partial charge in [0.1, 0.15) is 0 Å². The summed E-state index contributed by atoms with van der Waals surface area (Å²) in [5.74, 6) is 0.726. The van der Waals surface area contributed by atoms with E-state index >= 15 is 0 Å². The van der Waals surface area contributed by atoms with E-state index in [9.17, 15) is 0 Å². The number of para-hydroxylation sites is 1. The van der Waals surface area contributed by atoms with Gasteiger partial charge in [0.05, 0.1) is 11.4 Å². The second-order valence-corrected chi connectivity index (χ2v) is 5.58. The Hall–Kier alpha value is -1.61. The highest BCUT2D eigenvalue weighted by Gasteiger charge is 2.16. The monoisotopic (exact) mass is 271 g/mol. The van der Waals surface area contributed by atoms with Gasteiger partial charge in [0.15, 0.2) is 0 Å². The minimum atomic E-state index is 0.366. The van der Waals surface area contributed by atoms with Gasteiger partial charge in [-0.25, -0.2) is 4.68 Å². The average Bonchev–Trinajstić information content (AvgIpc) is 2.93. The van der Waals surface area contributed by atoms with Gasteiger partial charge in [-0.05, 0) is 43.5 Å². The van der Waals surface area contributed by atoms with Crippen molar-refractivity contribution in [2.45, 2.75) is 39.7 Å². The molecule has 0 aliphatic heterocycles. The number of nitrogens with zero attached hydrogens (tertiary/aromatic N) is 2. The highest BCUT2D eigenvalue weighted by atomic mass is 15.3. The molecule has 3 heteroatoms. The van der Waals surface area contributed by atoms with E-state index in [2.05, 4.69) is 61.5 Å². The zero-order valence-corrected chi connectivity index (χ0v) is 12.7. The summed E-state index contributed by atoms with van der Waals surface area (Å²) in [5, 5.41) is 8.08. The molecule has 0 saturated carbocycles. The van der Waals surface area contributed by atoms with Gasteiger partial charge in [-0.3, -0.25) is 0 Å². The Kier molecular flexibility index (Phi) is 5.36. The molecule has 0 saturated heterocycles. The number of hydrogen-bond donors (Lipinski definition) is 1. The molecule has 1 N–H and O–H groups in total. The summed E-state index contributed by atoms with van der Waals surface area (Å²) in [5.41, 5.74) is 2.37. The smallest absolute Gasteiger partial charge is 0.0649 e. The minimum absolute atomic E-state index is 0.366. The standard InChI is InChI=1S/C17H25N3/c1-4-18-16(11-10-14(2)3)17-12-13-19-20(17)15-8-6-5-7-9-15/h5-9,12-14,16,18H,4,10-11H2,1-3H3. The first-order chi connectivity index (χ1) is 9.72. The molecule has 0 aliphatic carbocycles. The van der Waals surface area contributed by atoms with Crippen molar-refractivity contribution in [3.63, 3.8) is 0 Å². The van der Waals surface area contributed by atoms with Crippen molar-refractivity contribution in [1.82, 2.24) is 15.1 Å². The highest BCUT2D eigenvalue weighted by molar-refractivity contribution is 5.33. The SMILES string of the molecule is CCNC(CCC(C)C)c1ccnn1-c1ccccc1. The fraction of sp³-hybridized carbons (Fsp3) is 0.471. The van der Waals surface area contributed by atoms with Gasteiger partial charge in [0.2, 0.25) is 0 Å². The molecule has 0 spiro atoms. The number of aromatic nitrogens is 2. The van der Waals surface area contributed by atoms with Crippen LogP contribution in [0.2, 0.25) is 0 Å². The third-order valence-electron chi connectivity index (χ3n) is 3.51. The lowest BCUT2D eigenvalue weighted by molar-refractivity contribution is 0.434. The van der Waals surface area contributed by atoms with E-state index in [0.29, 0.717) is 6.04 Å². The van der Waals surface area contributed by atoms with E-state index in [0.717, 1.165) is 24.6 Å². The lowest BCUT2D eigenvalue weighted by Gasteiger charge is -2.20. The van der Waals surface area contributed by atoms with Crippen LogP contribution in [0.3, 0.4) is 0 Å². The van der Waals surface area contributed by atoms with Gasteiger partial charge >= 0.3 is 0 Å². The van der Waals surface area contributed by atoms with Crippen LogP contribution < -0.4 is 5.32 Å². The molecule has 0 radical (unpaired) electrons. The molecule has 2 rings (SSSR count). The normalized spacial score (nSPS) is 12.8. The number of benzene rings is 1. The molecule has 1 heterocycles. The summed E-state index contributed by atoms with van der Waals surface area (Å²) in [6, 6.07) is 12.8. The largest absolute Gasteiger partial charge is 0.309 e. The second-order valence-electron chi connectivity index (χ2n) is 5.58. The maximum Gasteiger partial charge on any atom is 0.0649 e. The Morgan fingerprint density at radius 3 is 2.50 bits per heavy atom. The lowest BCUT2D eigenvalue weighted by Crippen LogP contribution is -2.24. The molecule has 0 amide bonds. The molecule has 0 fully saturated rings. The van der Waals surface area contributed by atoms with Crippen LogP contribution in [0, 0.1) is 5.92 Å². The van der Waals surface area contributed by atoms with Gasteiger partial charge in [0, 0.05) is 12.2 Å². The van der Waals surface area contributed by atoms with Crippen LogP contribution in [0.1, 0.15) is 45.3 Å². The first-order valence-corrected chi connectivity index (χ1v) is 7.55. The summed E-state index contributed by atoms with van der Waals surface area (Å²) < 4.78 is 2.05. The lowest BCUT2D eigenvalue weighted by atomic mass is 10.0. The topological polar surface area (TPSA) is 29.9 Å². The average molecular weight is 271 g/mol. The summed E-state index contributed by atoms with van der Waals surface area (Å²) in [4.78, 5) is 0. The van der Waals surface area contributed by atoms with Crippen LogP contribution in [0.15, 0.2) is 42.6 Å². The van der Waals surface area contributed by atoms with Crippen molar-refractivity contribution in [3.8, 4) is 5.69 Å². The maximum atomic E-state index is 4.49. The molecule has 1 unspecified atom stereocenters. The molecule has 20 heavy (non-hydrogen) atoms. The fourth-order valence-corrected chi connectivity index (χ4v) is 2.46. The molecule has 0 bridgehead atoms. The van der Waals surface area contributed by atoms with E-state index in [1.807, 2.05) is 16.9 Å². The van der Waals surface area contributed by atoms with Gasteiger partial charge in [0.25, 0.3) is 0 Å². The van der Waals surface area contributed by atoms with Crippen LogP contribution >= 0.6 is 0 Å². The maximum absolute atomic E-state index is 4.49. The van der Waals surface area contributed by atoms with Gasteiger partial charge in [-0.2, -0.15) is 5.10 Å². The highest BCUT2D eigenvalue weighted by Crippen LogP contribution is 2.23. The first kappa shape index (κ1) is 14.8. The van der Waals surface area contributed by atoms with Crippen molar-refractivity contribution in [2.75, 3.05) is 6.54 Å². The van der Waals surface area contributed by atoms with E-state index in [1.54, 1.807) is 0 Å². The Balaban J connectivity index is 2.23. The minimum Gasteiger partial charge on any atom is -0.309 e. The van der Waals surface area contributed by atoms with Crippen LogP contribution in [0.4, 0.5) is 0 Å². The van der Waals surface area contributed by atoms with E-state index in [1.165, 1.54) is 12.1 Å². The molecule has 3 nitrogen and oxygen atoms in total. The number of nitrogens with one attached hydrogen (secondary N) is 1. The summed E-state index contributed by atoms with van der Waals surface area (Å²) >= 11 is 0. The molecular weight excluding hydrogens is 246 g/mol. The zero-order chi connectivity index (χ0) is 14.4. The molecular formula is C17H25N3. The predicted octanol–water partition coefficient (Wildman–Crippen LogP) is 3.96. The first-order valence-electron chi connectivity index (χ1n) is 7.55. The van der Waals surface area contributed by atoms with E-state index < -0.39 is 0 Å². The second kappa shape index (κ2) is 7.25. The van der Waals surface area contributed by atoms with Gasteiger partial charge in [-0.15, -0.1) is 0 Å². The van der Waals surface area contributed by atoms with Gasteiger partial charge in [-0.1, -0.05) is 39.0 Å². The molecule has 108 valence electrons. The van der Waals surface area contributed by atoms with E-state index in [4.69, 9.17) is 0 Å². The third-order valence-corrected chi connectivity index (χ3v) is 3.51.